The van der Waals surface area contributed by atoms with Crippen molar-refractivity contribution in [2.45, 2.75) is 20.4 Å². The Hall–Kier alpha value is -2.30. The van der Waals surface area contributed by atoms with E-state index in [1.807, 2.05) is 33.2 Å². The molecule has 0 saturated heterocycles. The Kier molecular flexibility index (Phi) is 3.79. The molecule has 0 spiro atoms. The summed E-state index contributed by atoms with van der Waals surface area (Å²) < 4.78 is 1.78. The first kappa shape index (κ1) is 14.1. The van der Waals surface area contributed by atoms with E-state index in [9.17, 15) is 0 Å². The maximum Gasteiger partial charge on any atom is 0.137 e. The van der Waals surface area contributed by atoms with Gasteiger partial charge < -0.3 is 10.6 Å². The summed E-state index contributed by atoms with van der Waals surface area (Å²) in [7, 11) is 3.87. The molecule has 0 aliphatic rings. The number of nitrogens with one attached hydrogen (secondary N) is 1. The maximum atomic E-state index is 7.74. The molecule has 1 aromatic carbocycles. The van der Waals surface area contributed by atoms with Gasteiger partial charge in [0.15, 0.2) is 0 Å². The molecule has 0 saturated carbocycles. The second-order valence-electron chi connectivity index (χ2n) is 5.10. The number of nitrogen functional groups attached to an aromatic ring is 1. The monoisotopic (exact) mass is 271 g/mol. The van der Waals surface area contributed by atoms with E-state index in [-0.39, 0.29) is 5.84 Å². The van der Waals surface area contributed by atoms with Gasteiger partial charge in [-0.25, -0.2) is 0 Å². The average Bonchev–Trinajstić information content (AvgIpc) is 2.67. The van der Waals surface area contributed by atoms with Crippen molar-refractivity contribution in [1.29, 1.82) is 5.41 Å². The van der Waals surface area contributed by atoms with Gasteiger partial charge in [0.25, 0.3) is 0 Å². The molecule has 0 fully saturated rings. The van der Waals surface area contributed by atoms with Crippen molar-refractivity contribution in [2.75, 3.05) is 11.9 Å². The van der Waals surface area contributed by atoms with Crippen molar-refractivity contribution >= 4 is 11.7 Å². The van der Waals surface area contributed by atoms with Crippen molar-refractivity contribution in [1.82, 2.24) is 9.78 Å². The molecule has 3 N–H and O–H groups in total. The Morgan fingerprint density at radius 2 is 2.00 bits per heavy atom. The Morgan fingerprint density at radius 3 is 2.60 bits per heavy atom. The number of amidine groups is 1. The van der Waals surface area contributed by atoms with E-state index in [4.69, 9.17) is 11.1 Å². The normalized spacial score (nSPS) is 10.6. The van der Waals surface area contributed by atoms with Gasteiger partial charge in [0.05, 0.1) is 11.3 Å². The first-order chi connectivity index (χ1) is 9.41. The minimum absolute atomic E-state index is 0.0576. The van der Waals surface area contributed by atoms with Gasteiger partial charge in [-0.15, -0.1) is 0 Å². The molecular weight excluding hydrogens is 250 g/mol. The summed E-state index contributed by atoms with van der Waals surface area (Å²) in [6.45, 7) is 4.73. The summed E-state index contributed by atoms with van der Waals surface area (Å²) >= 11 is 0. The number of anilines is 1. The summed E-state index contributed by atoms with van der Waals surface area (Å²) in [5, 5.41) is 12.1. The minimum Gasteiger partial charge on any atom is -0.384 e. The van der Waals surface area contributed by atoms with Crippen LogP contribution in [0.25, 0.3) is 0 Å². The van der Waals surface area contributed by atoms with Crippen LogP contribution in [0.15, 0.2) is 24.3 Å². The molecule has 0 aliphatic heterocycles. The molecule has 20 heavy (non-hydrogen) atoms. The highest BCUT2D eigenvalue weighted by Crippen LogP contribution is 2.23. The third-order valence-electron chi connectivity index (χ3n) is 3.49. The number of aromatic nitrogens is 2. The summed E-state index contributed by atoms with van der Waals surface area (Å²) in [5.41, 5.74) is 9.69. The van der Waals surface area contributed by atoms with Crippen LogP contribution in [-0.4, -0.2) is 22.7 Å². The van der Waals surface area contributed by atoms with Crippen LogP contribution >= 0.6 is 0 Å². The lowest BCUT2D eigenvalue weighted by atomic mass is 10.1. The SMILES string of the molecule is Cc1ccccc1CN(C)c1c(C(=N)N)c(C)nn1C. The average molecular weight is 271 g/mol. The van der Waals surface area contributed by atoms with Crippen molar-refractivity contribution in [2.24, 2.45) is 12.8 Å². The van der Waals surface area contributed by atoms with E-state index >= 15 is 0 Å². The highest BCUT2D eigenvalue weighted by atomic mass is 15.4. The maximum absolute atomic E-state index is 7.74. The third kappa shape index (κ3) is 2.52. The van der Waals surface area contributed by atoms with Crippen molar-refractivity contribution in [3.63, 3.8) is 0 Å². The van der Waals surface area contributed by atoms with Crippen LogP contribution in [0.3, 0.4) is 0 Å². The Morgan fingerprint density at radius 1 is 1.35 bits per heavy atom. The van der Waals surface area contributed by atoms with Crippen molar-refractivity contribution < 1.29 is 0 Å². The van der Waals surface area contributed by atoms with E-state index in [1.54, 1.807) is 4.68 Å². The fraction of sp³-hybridized carbons (Fsp3) is 0.333. The van der Waals surface area contributed by atoms with E-state index in [1.165, 1.54) is 11.1 Å². The van der Waals surface area contributed by atoms with Gasteiger partial charge in [-0.05, 0) is 25.0 Å². The molecule has 0 radical (unpaired) electrons. The lowest BCUT2D eigenvalue weighted by Crippen LogP contribution is -2.24. The number of benzene rings is 1. The number of nitrogens with zero attached hydrogens (tertiary/aromatic N) is 3. The lowest BCUT2D eigenvalue weighted by Gasteiger charge is -2.21. The second kappa shape index (κ2) is 5.36. The number of rotatable bonds is 4. The highest BCUT2D eigenvalue weighted by Gasteiger charge is 2.19. The van der Waals surface area contributed by atoms with Crippen LogP contribution < -0.4 is 10.6 Å². The largest absolute Gasteiger partial charge is 0.384 e. The topological polar surface area (TPSA) is 70.9 Å². The standard InChI is InChI=1S/C15H21N5/c1-10-7-5-6-8-12(10)9-19(3)15-13(14(16)17)11(2)18-20(15)4/h5-8H,9H2,1-4H3,(H3,16,17). The predicted molar refractivity (Wildman–Crippen MR) is 82.2 cm³/mol. The highest BCUT2D eigenvalue weighted by molar-refractivity contribution is 6.00. The molecule has 0 unspecified atom stereocenters. The van der Waals surface area contributed by atoms with E-state index in [0.29, 0.717) is 5.56 Å². The lowest BCUT2D eigenvalue weighted by molar-refractivity contribution is 0.726. The summed E-state index contributed by atoms with van der Waals surface area (Å²) in [5.74, 6) is 0.931. The quantitative estimate of drug-likeness (QED) is 0.659. The molecule has 0 bridgehead atoms. The van der Waals surface area contributed by atoms with Crippen LogP contribution in [0, 0.1) is 19.3 Å². The fourth-order valence-electron chi connectivity index (χ4n) is 2.52. The van der Waals surface area contributed by atoms with Crippen LogP contribution in [0.1, 0.15) is 22.4 Å². The Balaban J connectivity index is 2.37. The number of hydrogen-bond acceptors (Lipinski definition) is 3. The summed E-state index contributed by atoms with van der Waals surface area (Å²) in [6, 6.07) is 8.29. The van der Waals surface area contributed by atoms with Gasteiger partial charge in [0.2, 0.25) is 0 Å². The molecule has 106 valence electrons. The predicted octanol–water partition coefficient (Wildman–Crippen LogP) is 1.96. The zero-order valence-corrected chi connectivity index (χ0v) is 12.4. The molecule has 5 nitrogen and oxygen atoms in total. The Labute approximate surface area is 119 Å². The van der Waals surface area contributed by atoms with Crippen LogP contribution in [-0.2, 0) is 13.6 Å². The molecule has 1 aromatic heterocycles. The molecular formula is C15H21N5. The molecule has 0 atom stereocenters. The zero-order chi connectivity index (χ0) is 14.9. The van der Waals surface area contributed by atoms with Gasteiger partial charge in [0, 0.05) is 20.6 Å². The van der Waals surface area contributed by atoms with E-state index in [0.717, 1.165) is 18.1 Å². The van der Waals surface area contributed by atoms with Gasteiger partial charge in [0.1, 0.15) is 11.7 Å². The minimum atomic E-state index is 0.0576. The van der Waals surface area contributed by atoms with Crippen LogP contribution in [0.4, 0.5) is 5.82 Å². The van der Waals surface area contributed by atoms with Crippen molar-refractivity contribution in [3.8, 4) is 0 Å². The first-order valence-electron chi connectivity index (χ1n) is 6.55. The van der Waals surface area contributed by atoms with Gasteiger partial charge in [-0.3, -0.25) is 10.1 Å². The van der Waals surface area contributed by atoms with Gasteiger partial charge in [-0.2, -0.15) is 5.10 Å². The van der Waals surface area contributed by atoms with Gasteiger partial charge >= 0.3 is 0 Å². The smallest absolute Gasteiger partial charge is 0.137 e. The van der Waals surface area contributed by atoms with E-state index < -0.39 is 0 Å². The van der Waals surface area contributed by atoms with Crippen LogP contribution in [0.5, 0.6) is 0 Å². The molecule has 5 heteroatoms. The molecule has 2 rings (SSSR count). The molecule has 0 aliphatic carbocycles. The third-order valence-corrected chi connectivity index (χ3v) is 3.49. The first-order valence-corrected chi connectivity index (χ1v) is 6.55. The number of hydrogen-bond donors (Lipinski definition) is 2. The summed E-state index contributed by atoms with van der Waals surface area (Å²) in [4.78, 5) is 2.08. The molecule has 0 amide bonds. The second-order valence-corrected chi connectivity index (χ2v) is 5.10. The summed E-state index contributed by atoms with van der Waals surface area (Å²) in [6.07, 6.45) is 0. The molecule has 1 heterocycles. The number of aryl methyl sites for hydroxylation is 3. The Bertz CT molecular complexity index is 642. The number of nitrogens with two attached hydrogens (primary N) is 1. The fourth-order valence-corrected chi connectivity index (χ4v) is 2.52. The van der Waals surface area contributed by atoms with Gasteiger partial charge in [-0.1, -0.05) is 24.3 Å². The van der Waals surface area contributed by atoms with E-state index in [2.05, 4.69) is 29.1 Å². The van der Waals surface area contributed by atoms with Crippen molar-refractivity contribution in [3.05, 3.63) is 46.6 Å². The molecule has 2 aromatic rings. The zero-order valence-electron chi connectivity index (χ0n) is 12.4. The van der Waals surface area contributed by atoms with Crippen LogP contribution in [0.2, 0.25) is 0 Å².